The third-order valence-electron chi connectivity index (χ3n) is 4.39. The minimum Gasteiger partial charge on any atom is -0.395 e. The molecule has 1 aliphatic heterocycles. The molecule has 2 heterocycles. The molecule has 2 aromatic carbocycles. The van der Waals surface area contributed by atoms with Crippen LogP contribution in [-0.4, -0.2) is 32.3 Å². The van der Waals surface area contributed by atoms with Gasteiger partial charge in [-0.25, -0.2) is 9.98 Å². The number of aromatic nitrogens is 2. The van der Waals surface area contributed by atoms with Gasteiger partial charge in [-0.15, -0.1) is 0 Å². The Morgan fingerprint density at radius 1 is 1.28 bits per heavy atom. The first kappa shape index (κ1) is 20.0. The molecule has 0 atom stereocenters. The molecule has 0 radical (unpaired) electrons. The number of nitrogens with zero attached hydrogens (tertiary/aromatic N) is 3. The van der Waals surface area contributed by atoms with Crippen LogP contribution in [0, 0.1) is 6.92 Å². The first-order chi connectivity index (χ1) is 14.0. The lowest BCUT2D eigenvalue weighted by Crippen LogP contribution is -2.19. The van der Waals surface area contributed by atoms with Crippen LogP contribution in [0.25, 0.3) is 17.1 Å². The average molecular weight is 447 g/mol. The number of para-hydroxylation sites is 1. The number of thioether (sulfide) groups is 1. The number of hydrogen-bond donors (Lipinski definition) is 2. The van der Waals surface area contributed by atoms with E-state index in [1.165, 1.54) is 11.8 Å². The maximum Gasteiger partial charge on any atom is 0.264 e. The highest BCUT2D eigenvalue weighted by molar-refractivity contribution is 8.18. The van der Waals surface area contributed by atoms with Crippen molar-refractivity contribution in [3.8, 4) is 0 Å². The van der Waals surface area contributed by atoms with Crippen molar-refractivity contribution in [3.05, 3.63) is 62.7 Å². The topological polar surface area (TPSA) is 79.5 Å². The smallest absolute Gasteiger partial charge is 0.264 e. The molecule has 2 N–H and O–H groups in total. The molecule has 4 rings (SSSR count). The Bertz CT molecular complexity index is 1170. The molecule has 0 spiro atoms. The van der Waals surface area contributed by atoms with Crippen molar-refractivity contribution < 1.29 is 9.90 Å². The maximum absolute atomic E-state index is 12.4. The van der Waals surface area contributed by atoms with E-state index >= 15 is 0 Å². The van der Waals surface area contributed by atoms with Gasteiger partial charge in [0.15, 0.2) is 5.17 Å². The van der Waals surface area contributed by atoms with E-state index in [0.29, 0.717) is 32.4 Å². The number of benzene rings is 2. The fraction of sp³-hybridized carbons (Fsp3) is 0.150. The molecule has 9 heteroatoms. The van der Waals surface area contributed by atoms with Crippen molar-refractivity contribution in [2.24, 2.45) is 4.99 Å². The maximum atomic E-state index is 12.4. The van der Waals surface area contributed by atoms with Crippen LogP contribution in [0.4, 0.5) is 5.69 Å². The van der Waals surface area contributed by atoms with Crippen LogP contribution < -0.4 is 5.32 Å². The monoisotopic (exact) mass is 446 g/mol. The molecule has 0 bridgehead atoms. The zero-order valence-corrected chi connectivity index (χ0v) is 17.6. The predicted octanol–water partition coefficient (Wildman–Crippen LogP) is 4.54. The summed E-state index contributed by atoms with van der Waals surface area (Å²) in [7, 11) is 0. The van der Waals surface area contributed by atoms with Crippen LogP contribution in [0.2, 0.25) is 10.0 Å². The molecule has 148 valence electrons. The lowest BCUT2D eigenvalue weighted by molar-refractivity contribution is -0.115. The van der Waals surface area contributed by atoms with Gasteiger partial charge in [0.2, 0.25) is 0 Å². The summed E-state index contributed by atoms with van der Waals surface area (Å²) in [4.78, 5) is 21.8. The second kappa shape index (κ2) is 8.20. The number of aliphatic hydroxyl groups is 1. The summed E-state index contributed by atoms with van der Waals surface area (Å²) < 4.78 is 1.95. The summed E-state index contributed by atoms with van der Waals surface area (Å²) in [5.74, 6) is 0.593. The van der Waals surface area contributed by atoms with E-state index in [0.717, 1.165) is 22.4 Å². The fourth-order valence-corrected chi connectivity index (χ4v) is 4.37. The van der Waals surface area contributed by atoms with Gasteiger partial charge in [0.25, 0.3) is 5.91 Å². The number of nitrogens with one attached hydrogen (secondary N) is 1. The normalized spacial score (nSPS) is 16.9. The Morgan fingerprint density at radius 3 is 2.76 bits per heavy atom. The number of carbonyl (C=O) groups excluding carboxylic acids is 1. The van der Waals surface area contributed by atoms with Crippen LogP contribution in [0.5, 0.6) is 0 Å². The van der Waals surface area contributed by atoms with E-state index in [1.54, 1.807) is 24.3 Å². The zero-order chi connectivity index (χ0) is 20.5. The molecule has 0 aliphatic carbocycles. The third-order valence-corrected chi connectivity index (χ3v) is 5.91. The van der Waals surface area contributed by atoms with E-state index < -0.39 is 0 Å². The number of carbonyl (C=O) groups is 1. The van der Waals surface area contributed by atoms with Crippen molar-refractivity contribution in [1.29, 1.82) is 0 Å². The van der Waals surface area contributed by atoms with Crippen molar-refractivity contribution in [2.75, 3.05) is 6.61 Å². The SMILES string of the molecule is Cc1nc2ccc(/C=C3\SC(=Nc4c(Cl)cccc4Cl)NC3=O)cc2n1CCO. The number of aliphatic hydroxyl groups excluding tert-OH is 1. The van der Waals surface area contributed by atoms with Crippen LogP contribution in [0.15, 0.2) is 46.3 Å². The second-order valence-electron chi connectivity index (χ2n) is 6.33. The van der Waals surface area contributed by atoms with Crippen molar-refractivity contribution in [1.82, 2.24) is 14.9 Å². The lowest BCUT2D eigenvalue weighted by atomic mass is 10.2. The molecule has 6 nitrogen and oxygen atoms in total. The van der Waals surface area contributed by atoms with Crippen LogP contribution in [-0.2, 0) is 11.3 Å². The number of rotatable bonds is 4. The molecular weight excluding hydrogens is 431 g/mol. The Hall–Kier alpha value is -2.32. The predicted molar refractivity (Wildman–Crippen MR) is 119 cm³/mol. The van der Waals surface area contributed by atoms with Crippen LogP contribution in [0.3, 0.4) is 0 Å². The first-order valence-electron chi connectivity index (χ1n) is 8.77. The van der Waals surface area contributed by atoms with Gasteiger partial charge in [0, 0.05) is 6.54 Å². The van der Waals surface area contributed by atoms with Gasteiger partial charge in [0.05, 0.1) is 32.6 Å². The van der Waals surface area contributed by atoms with Gasteiger partial charge in [-0.3, -0.25) is 4.79 Å². The van der Waals surface area contributed by atoms with E-state index in [-0.39, 0.29) is 12.5 Å². The van der Waals surface area contributed by atoms with Crippen LogP contribution >= 0.6 is 35.0 Å². The summed E-state index contributed by atoms with van der Waals surface area (Å²) in [6.45, 7) is 2.39. The standard InChI is InChI=1S/C20H16Cl2N4O2S/c1-11-23-15-6-5-12(9-16(15)26(11)7-8-27)10-17-19(28)25-20(29-17)24-18-13(21)3-2-4-14(18)22/h2-6,9-10,27H,7-8H2,1H3,(H,24,25,28)/b17-10-. The number of halogens is 2. The molecule has 1 aliphatic rings. The van der Waals surface area contributed by atoms with Gasteiger partial charge in [-0.2, -0.15) is 0 Å². The number of fused-ring (bicyclic) bond motifs is 1. The van der Waals surface area contributed by atoms with E-state index in [4.69, 9.17) is 23.2 Å². The number of imidazole rings is 1. The van der Waals surface area contributed by atoms with E-state index in [2.05, 4.69) is 15.3 Å². The largest absolute Gasteiger partial charge is 0.395 e. The van der Waals surface area contributed by atoms with Gasteiger partial charge in [-0.05, 0) is 54.6 Å². The summed E-state index contributed by atoms with van der Waals surface area (Å²) in [6, 6.07) is 10.9. The molecule has 1 fully saturated rings. The molecule has 1 amide bonds. The minimum absolute atomic E-state index is 0.0281. The van der Waals surface area contributed by atoms with Gasteiger partial charge < -0.3 is 15.0 Å². The summed E-state index contributed by atoms with van der Waals surface area (Å²) in [5, 5.41) is 13.3. The molecule has 1 saturated heterocycles. The highest BCUT2D eigenvalue weighted by atomic mass is 35.5. The molecule has 29 heavy (non-hydrogen) atoms. The fourth-order valence-electron chi connectivity index (χ4n) is 3.06. The average Bonchev–Trinajstić information content (AvgIpc) is 3.18. The highest BCUT2D eigenvalue weighted by Gasteiger charge is 2.24. The molecule has 0 saturated carbocycles. The molecule has 1 aromatic heterocycles. The molecule has 0 unspecified atom stereocenters. The van der Waals surface area contributed by atoms with E-state index in [1.807, 2.05) is 29.7 Å². The Balaban J connectivity index is 1.66. The second-order valence-corrected chi connectivity index (χ2v) is 8.18. The van der Waals surface area contributed by atoms with Gasteiger partial charge >= 0.3 is 0 Å². The number of hydrogen-bond acceptors (Lipinski definition) is 5. The number of amides is 1. The lowest BCUT2D eigenvalue weighted by Gasteiger charge is -2.04. The Labute approximate surface area is 181 Å². The summed E-state index contributed by atoms with van der Waals surface area (Å²) >= 11 is 13.5. The third kappa shape index (κ3) is 4.04. The Kier molecular flexibility index (Phi) is 5.65. The summed E-state index contributed by atoms with van der Waals surface area (Å²) in [6.07, 6.45) is 1.79. The number of aryl methyl sites for hydroxylation is 1. The Morgan fingerprint density at radius 2 is 2.03 bits per heavy atom. The number of amidine groups is 1. The van der Waals surface area contributed by atoms with Crippen molar-refractivity contribution in [3.63, 3.8) is 0 Å². The minimum atomic E-state index is -0.239. The number of aliphatic imine (C=N–C) groups is 1. The first-order valence-corrected chi connectivity index (χ1v) is 10.3. The van der Waals surface area contributed by atoms with Gasteiger partial charge in [0.1, 0.15) is 11.5 Å². The van der Waals surface area contributed by atoms with Crippen molar-refractivity contribution in [2.45, 2.75) is 13.5 Å². The molecular formula is C20H16Cl2N4O2S. The van der Waals surface area contributed by atoms with Crippen molar-refractivity contribution >= 4 is 68.8 Å². The van der Waals surface area contributed by atoms with E-state index in [9.17, 15) is 9.90 Å². The molecule has 3 aromatic rings. The van der Waals surface area contributed by atoms with Gasteiger partial charge in [-0.1, -0.05) is 35.3 Å². The quantitative estimate of drug-likeness (QED) is 0.576. The highest BCUT2D eigenvalue weighted by Crippen LogP contribution is 2.35. The zero-order valence-electron chi connectivity index (χ0n) is 15.3. The summed E-state index contributed by atoms with van der Waals surface area (Å²) in [5.41, 5.74) is 3.03. The van der Waals surface area contributed by atoms with Crippen LogP contribution in [0.1, 0.15) is 11.4 Å².